The zero-order valence-corrected chi connectivity index (χ0v) is 11.8. The first-order valence-electron chi connectivity index (χ1n) is 6.14. The second kappa shape index (κ2) is 5.05. The van der Waals surface area contributed by atoms with Crippen molar-refractivity contribution in [1.82, 2.24) is 0 Å². The number of hydrogen-bond donors (Lipinski definition) is 2. The first-order chi connectivity index (χ1) is 9.24. The maximum Gasteiger partial charge on any atom is 0.247 e. The molecule has 3 nitrogen and oxygen atoms in total. The molecule has 2 aromatic carbocycles. The van der Waals surface area contributed by atoms with Crippen LogP contribution in [0.15, 0.2) is 53.0 Å². The molecule has 1 aliphatic heterocycles. The molecule has 1 amide bonds. The highest BCUT2D eigenvalue weighted by atomic mass is 79.9. The van der Waals surface area contributed by atoms with E-state index in [2.05, 4.69) is 26.6 Å². The van der Waals surface area contributed by atoms with Crippen LogP contribution in [-0.2, 0) is 11.2 Å². The molecule has 0 aromatic heterocycles. The molecule has 1 heterocycles. The Kier molecular flexibility index (Phi) is 3.25. The molecule has 0 saturated heterocycles. The van der Waals surface area contributed by atoms with E-state index in [1.807, 2.05) is 48.5 Å². The number of nitrogens with one attached hydrogen (secondary N) is 2. The second-order valence-electron chi connectivity index (χ2n) is 4.53. The van der Waals surface area contributed by atoms with Gasteiger partial charge in [-0.05, 0) is 39.7 Å². The summed E-state index contributed by atoms with van der Waals surface area (Å²) in [5, 5.41) is 6.19. The topological polar surface area (TPSA) is 41.1 Å². The van der Waals surface area contributed by atoms with Crippen LogP contribution < -0.4 is 10.6 Å². The molecular weight excluding hydrogens is 304 g/mol. The van der Waals surface area contributed by atoms with Crippen LogP contribution >= 0.6 is 15.9 Å². The lowest BCUT2D eigenvalue weighted by Gasteiger charge is -2.12. The lowest BCUT2D eigenvalue weighted by atomic mass is 10.1. The van der Waals surface area contributed by atoms with E-state index in [0.717, 1.165) is 22.3 Å². The Balaban J connectivity index is 1.72. The molecule has 3 rings (SSSR count). The summed E-state index contributed by atoms with van der Waals surface area (Å²) in [5.41, 5.74) is 3.04. The monoisotopic (exact) mass is 316 g/mol. The lowest BCUT2D eigenvalue weighted by Crippen LogP contribution is -2.32. The van der Waals surface area contributed by atoms with Crippen molar-refractivity contribution in [2.24, 2.45) is 0 Å². The summed E-state index contributed by atoms with van der Waals surface area (Å²) in [6.45, 7) is 0. The van der Waals surface area contributed by atoms with Crippen LogP contribution in [0.2, 0.25) is 0 Å². The highest BCUT2D eigenvalue weighted by Gasteiger charge is 2.26. The van der Waals surface area contributed by atoms with Crippen molar-refractivity contribution in [3.63, 3.8) is 0 Å². The molecule has 0 aliphatic carbocycles. The third kappa shape index (κ3) is 2.49. The third-order valence-corrected chi connectivity index (χ3v) is 3.91. The van der Waals surface area contributed by atoms with Crippen molar-refractivity contribution in [1.29, 1.82) is 0 Å². The van der Waals surface area contributed by atoms with E-state index in [0.29, 0.717) is 0 Å². The van der Waals surface area contributed by atoms with Crippen molar-refractivity contribution >= 4 is 33.2 Å². The van der Waals surface area contributed by atoms with Crippen molar-refractivity contribution in [3.8, 4) is 0 Å². The molecule has 1 unspecified atom stereocenters. The van der Waals surface area contributed by atoms with Gasteiger partial charge in [-0.25, -0.2) is 0 Å². The molecule has 96 valence electrons. The van der Waals surface area contributed by atoms with Gasteiger partial charge in [0.05, 0.1) is 5.69 Å². The van der Waals surface area contributed by atoms with Crippen LogP contribution in [0.3, 0.4) is 0 Å². The Bertz CT molecular complexity index is 602. The number of benzene rings is 2. The normalized spacial score (nSPS) is 16.6. The van der Waals surface area contributed by atoms with Gasteiger partial charge in [-0.15, -0.1) is 0 Å². The fraction of sp³-hybridized carbons (Fsp3) is 0.133. The molecule has 1 atom stereocenters. The predicted octanol–water partition coefficient (Wildman–Crippen LogP) is 3.42. The average molecular weight is 317 g/mol. The Morgan fingerprint density at radius 1 is 1.16 bits per heavy atom. The van der Waals surface area contributed by atoms with Crippen molar-refractivity contribution in [2.45, 2.75) is 12.5 Å². The van der Waals surface area contributed by atoms with Crippen LogP contribution in [0.4, 0.5) is 11.4 Å². The number of anilines is 2. The van der Waals surface area contributed by atoms with Crippen molar-refractivity contribution < 1.29 is 4.79 Å². The van der Waals surface area contributed by atoms with E-state index in [9.17, 15) is 4.79 Å². The van der Waals surface area contributed by atoms with E-state index in [4.69, 9.17) is 0 Å². The highest BCUT2D eigenvalue weighted by Crippen LogP contribution is 2.27. The van der Waals surface area contributed by atoms with Crippen LogP contribution in [-0.4, -0.2) is 11.9 Å². The van der Waals surface area contributed by atoms with Crippen LogP contribution in [0.25, 0.3) is 0 Å². The first-order valence-corrected chi connectivity index (χ1v) is 6.93. The van der Waals surface area contributed by atoms with Crippen molar-refractivity contribution in [2.75, 3.05) is 10.6 Å². The minimum absolute atomic E-state index is 0.0110. The SMILES string of the molecule is O=C(Nc1ccccc1Br)C1Cc2ccccc2N1. The number of carbonyl (C=O) groups is 1. The summed E-state index contributed by atoms with van der Waals surface area (Å²) in [6, 6.07) is 15.4. The Morgan fingerprint density at radius 2 is 1.89 bits per heavy atom. The summed E-state index contributed by atoms with van der Waals surface area (Å²) in [7, 11) is 0. The first kappa shape index (κ1) is 12.2. The molecule has 4 heteroatoms. The summed E-state index contributed by atoms with van der Waals surface area (Å²) < 4.78 is 0.888. The van der Waals surface area contributed by atoms with E-state index < -0.39 is 0 Å². The molecule has 2 N–H and O–H groups in total. The molecule has 0 bridgehead atoms. The summed E-state index contributed by atoms with van der Waals surface area (Å²) in [5.74, 6) is -0.0110. The molecular formula is C15H13BrN2O. The van der Waals surface area contributed by atoms with Gasteiger partial charge in [-0.2, -0.15) is 0 Å². The van der Waals surface area contributed by atoms with Gasteiger partial charge in [0.25, 0.3) is 0 Å². The minimum atomic E-state index is -0.204. The molecule has 19 heavy (non-hydrogen) atoms. The third-order valence-electron chi connectivity index (χ3n) is 3.22. The number of halogens is 1. The van der Waals surface area contributed by atoms with Gasteiger partial charge in [-0.1, -0.05) is 30.3 Å². The van der Waals surface area contributed by atoms with Crippen molar-refractivity contribution in [3.05, 3.63) is 58.6 Å². The zero-order chi connectivity index (χ0) is 13.2. The molecule has 2 aromatic rings. The molecule has 1 aliphatic rings. The zero-order valence-electron chi connectivity index (χ0n) is 10.2. The molecule has 0 saturated carbocycles. The van der Waals surface area contributed by atoms with Gasteiger partial charge in [0, 0.05) is 16.6 Å². The Labute approximate surface area is 120 Å². The fourth-order valence-electron chi connectivity index (χ4n) is 2.24. The number of hydrogen-bond acceptors (Lipinski definition) is 2. The minimum Gasteiger partial charge on any atom is -0.373 e. The van der Waals surface area contributed by atoms with Gasteiger partial charge in [-0.3, -0.25) is 4.79 Å². The number of rotatable bonds is 2. The largest absolute Gasteiger partial charge is 0.373 e. The fourth-order valence-corrected chi connectivity index (χ4v) is 2.62. The molecule has 0 fully saturated rings. The van der Waals surface area contributed by atoms with Gasteiger partial charge in [0.1, 0.15) is 6.04 Å². The Morgan fingerprint density at radius 3 is 2.68 bits per heavy atom. The summed E-state index contributed by atoms with van der Waals surface area (Å²) in [6.07, 6.45) is 0.729. The quantitative estimate of drug-likeness (QED) is 0.891. The van der Waals surface area contributed by atoms with Gasteiger partial charge >= 0.3 is 0 Å². The predicted molar refractivity (Wildman–Crippen MR) is 80.3 cm³/mol. The summed E-state index contributed by atoms with van der Waals surface area (Å²) >= 11 is 3.43. The van der Waals surface area contributed by atoms with Crippen LogP contribution in [0, 0.1) is 0 Å². The molecule has 0 radical (unpaired) electrons. The van der Waals surface area contributed by atoms with Crippen LogP contribution in [0.5, 0.6) is 0 Å². The Hall–Kier alpha value is -1.81. The van der Waals surface area contributed by atoms with E-state index >= 15 is 0 Å². The number of amides is 1. The number of carbonyl (C=O) groups excluding carboxylic acids is 1. The maximum atomic E-state index is 12.2. The second-order valence-corrected chi connectivity index (χ2v) is 5.38. The lowest BCUT2D eigenvalue weighted by molar-refractivity contribution is -0.116. The smallest absolute Gasteiger partial charge is 0.247 e. The summed E-state index contributed by atoms with van der Waals surface area (Å²) in [4.78, 5) is 12.2. The number of para-hydroxylation sites is 2. The van der Waals surface area contributed by atoms with E-state index in [-0.39, 0.29) is 11.9 Å². The maximum absolute atomic E-state index is 12.2. The van der Waals surface area contributed by atoms with E-state index in [1.54, 1.807) is 0 Å². The van der Waals surface area contributed by atoms with Crippen LogP contribution in [0.1, 0.15) is 5.56 Å². The van der Waals surface area contributed by atoms with Gasteiger partial charge < -0.3 is 10.6 Å². The molecule has 0 spiro atoms. The number of fused-ring (bicyclic) bond motifs is 1. The van der Waals surface area contributed by atoms with E-state index in [1.165, 1.54) is 5.56 Å². The average Bonchev–Trinajstić information content (AvgIpc) is 2.85. The van der Waals surface area contributed by atoms with Gasteiger partial charge in [0.15, 0.2) is 0 Å². The highest BCUT2D eigenvalue weighted by molar-refractivity contribution is 9.10. The van der Waals surface area contributed by atoms with Gasteiger partial charge in [0.2, 0.25) is 5.91 Å². The standard InChI is InChI=1S/C15H13BrN2O/c16-11-6-2-4-8-13(11)18-15(19)14-9-10-5-1-3-7-12(10)17-14/h1-8,14,17H,9H2,(H,18,19).